The smallest absolute Gasteiger partial charge is 0.253 e. The van der Waals surface area contributed by atoms with E-state index in [-0.39, 0.29) is 17.7 Å². The molecule has 0 N–H and O–H groups in total. The quantitative estimate of drug-likeness (QED) is 0.811. The number of piperidine rings is 1. The molecular formula is C15H20N2O2. The molecule has 0 saturated carbocycles. The molecule has 19 heavy (non-hydrogen) atoms. The van der Waals surface area contributed by atoms with Gasteiger partial charge in [0.15, 0.2) is 0 Å². The molecule has 1 aromatic carbocycles. The summed E-state index contributed by atoms with van der Waals surface area (Å²) >= 11 is 0. The van der Waals surface area contributed by atoms with Gasteiger partial charge >= 0.3 is 0 Å². The van der Waals surface area contributed by atoms with Crippen LogP contribution in [0.5, 0.6) is 0 Å². The van der Waals surface area contributed by atoms with Gasteiger partial charge in [-0.3, -0.25) is 9.59 Å². The van der Waals surface area contributed by atoms with Crippen LogP contribution in [0.3, 0.4) is 0 Å². The van der Waals surface area contributed by atoms with Gasteiger partial charge in [-0.25, -0.2) is 0 Å². The summed E-state index contributed by atoms with van der Waals surface area (Å²) in [6, 6.07) is 9.31. The minimum absolute atomic E-state index is 0.0647. The summed E-state index contributed by atoms with van der Waals surface area (Å²) in [7, 11) is 3.56. The molecule has 0 spiro atoms. The molecule has 102 valence electrons. The van der Waals surface area contributed by atoms with E-state index in [1.165, 1.54) is 0 Å². The van der Waals surface area contributed by atoms with Crippen molar-refractivity contribution < 1.29 is 9.59 Å². The maximum Gasteiger partial charge on any atom is 0.253 e. The Balaban J connectivity index is 1.94. The van der Waals surface area contributed by atoms with Crippen molar-refractivity contribution in [3.05, 3.63) is 35.9 Å². The van der Waals surface area contributed by atoms with Gasteiger partial charge in [0.2, 0.25) is 5.91 Å². The lowest BCUT2D eigenvalue weighted by molar-refractivity contribution is -0.134. The third-order valence-electron chi connectivity index (χ3n) is 3.59. The zero-order chi connectivity index (χ0) is 13.8. The predicted molar refractivity (Wildman–Crippen MR) is 73.8 cm³/mol. The number of hydrogen-bond donors (Lipinski definition) is 0. The van der Waals surface area contributed by atoms with Gasteiger partial charge in [0.25, 0.3) is 5.91 Å². The highest BCUT2D eigenvalue weighted by Crippen LogP contribution is 2.20. The molecule has 0 bridgehead atoms. The van der Waals surface area contributed by atoms with Crippen LogP contribution in [0.4, 0.5) is 0 Å². The zero-order valence-electron chi connectivity index (χ0n) is 11.5. The second kappa shape index (κ2) is 5.87. The minimum Gasteiger partial charge on any atom is -0.349 e. The highest BCUT2D eigenvalue weighted by atomic mass is 16.2. The monoisotopic (exact) mass is 260 g/mol. The van der Waals surface area contributed by atoms with Crippen LogP contribution in [0.15, 0.2) is 30.3 Å². The summed E-state index contributed by atoms with van der Waals surface area (Å²) in [5, 5.41) is 0. The fourth-order valence-electron chi connectivity index (χ4n) is 2.46. The van der Waals surface area contributed by atoms with Gasteiger partial charge in [-0.05, 0) is 25.0 Å². The van der Waals surface area contributed by atoms with E-state index in [2.05, 4.69) is 0 Å². The summed E-state index contributed by atoms with van der Waals surface area (Å²) in [5.74, 6) is 0.304. The maximum absolute atomic E-state index is 12.2. The summed E-state index contributed by atoms with van der Waals surface area (Å²) in [5.41, 5.74) is 0.722. The molecule has 1 saturated heterocycles. The van der Waals surface area contributed by atoms with Crippen molar-refractivity contribution in [3.8, 4) is 0 Å². The number of carbonyl (C=O) groups excluding carboxylic acids is 2. The molecule has 0 aliphatic carbocycles. The van der Waals surface area contributed by atoms with Gasteiger partial charge < -0.3 is 9.80 Å². The van der Waals surface area contributed by atoms with Crippen LogP contribution < -0.4 is 0 Å². The van der Waals surface area contributed by atoms with Crippen molar-refractivity contribution in [2.75, 3.05) is 27.2 Å². The standard InChI is InChI=1S/C15H20N2O2/c1-16(2)14(18)13-8-10-17(11-9-13)15(19)12-6-4-3-5-7-12/h3-7,13H,8-11H2,1-2H3. The van der Waals surface area contributed by atoms with Crippen molar-refractivity contribution in [2.45, 2.75) is 12.8 Å². The van der Waals surface area contributed by atoms with E-state index in [9.17, 15) is 9.59 Å². The molecule has 1 fully saturated rings. The van der Waals surface area contributed by atoms with Gasteiger partial charge in [-0.2, -0.15) is 0 Å². The Morgan fingerprint density at radius 3 is 2.21 bits per heavy atom. The van der Waals surface area contributed by atoms with E-state index in [1.54, 1.807) is 19.0 Å². The molecule has 1 aliphatic heterocycles. The van der Waals surface area contributed by atoms with Crippen molar-refractivity contribution >= 4 is 11.8 Å². The molecule has 0 unspecified atom stereocenters. The SMILES string of the molecule is CN(C)C(=O)C1CCN(C(=O)c2ccccc2)CC1. The second-order valence-electron chi connectivity index (χ2n) is 5.17. The van der Waals surface area contributed by atoms with Gasteiger partial charge in [-0.1, -0.05) is 18.2 Å². The Morgan fingerprint density at radius 1 is 1.11 bits per heavy atom. The molecular weight excluding hydrogens is 240 g/mol. The van der Waals surface area contributed by atoms with E-state index < -0.39 is 0 Å². The first-order chi connectivity index (χ1) is 9.09. The molecule has 1 heterocycles. The Kier molecular flexibility index (Phi) is 4.20. The highest BCUT2D eigenvalue weighted by Gasteiger charge is 2.28. The van der Waals surface area contributed by atoms with Gasteiger partial charge in [-0.15, -0.1) is 0 Å². The van der Waals surface area contributed by atoms with Crippen molar-refractivity contribution in [3.63, 3.8) is 0 Å². The zero-order valence-corrected chi connectivity index (χ0v) is 11.5. The maximum atomic E-state index is 12.2. The van der Waals surface area contributed by atoms with Gasteiger partial charge in [0.1, 0.15) is 0 Å². The third-order valence-corrected chi connectivity index (χ3v) is 3.59. The fourth-order valence-corrected chi connectivity index (χ4v) is 2.46. The average Bonchev–Trinajstić information content (AvgIpc) is 2.46. The van der Waals surface area contributed by atoms with E-state index >= 15 is 0 Å². The minimum atomic E-state index is 0.0647. The lowest BCUT2D eigenvalue weighted by atomic mass is 9.95. The lowest BCUT2D eigenvalue weighted by Gasteiger charge is -2.32. The normalized spacial score (nSPS) is 16.2. The van der Waals surface area contributed by atoms with Crippen molar-refractivity contribution in [1.29, 1.82) is 0 Å². The highest BCUT2D eigenvalue weighted by molar-refractivity contribution is 5.94. The van der Waals surface area contributed by atoms with E-state index in [4.69, 9.17) is 0 Å². The molecule has 0 radical (unpaired) electrons. The second-order valence-corrected chi connectivity index (χ2v) is 5.17. The number of amides is 2. The fraction of sp³-hybridized carbons (Fsp3) is 0.467. The number of hydrogen-bond acceptors (Lipinski definition) is 2. The summed E-state index contributed by atoms with van der Waals surface area (Å²) < 4.78 is 0. The van der Waals surface area contributed by atoms with Gasteiger partial charge in [0, 0.05) is 38.7 Å². The summed E-state index contributed by atoms with van der Waals surface area (Å²) in [6.45, 7) is 1.33. The number of benzene rings is 1. The van der Waals surface area contributed by atoms with Crippen LogP contribution in [0.25, 0.3) is 0 Å². The van der Waals surface area contributed by atoms with E-state index in [0.717, 1.165) is 18.4 Å². The number of likely N-dealkylation sites (tertiary alicyclic amines) is 1. The predicted octanol–water partition coefficient (Wildman–Crippen LogP) is 1.63. The molecule has 1 aliphatic rings. The molecule has 4 nitrogen and oxygen atoms in total. The summed E-state index contributed by atoms with van der Waals surface area (Å²) in [4.78, 5) is 27.6. The summed E-state index contributed by atoms with van der Waals surface area (Å²) in [6.07, 6.45) is 1.52. The van der Waals surface area contributed by atoms with Crippen LogP contribution in [0, 0.1) is 5.92 Å². The topological polar surface area (TPSA) is 40.6 Å². The molecule has 4 heteroatoms. The van der Waals surface area contributed by atoms with Crippen LogP contribution in [-0.4, -0.2) is 48.8 Å². The molecule has 1 aromatic rings. The number of rotatable bonds is 2. The Hall–Kier alpha value is -1.84. The number of nitrogens with zero attached hydrogens (tertiary/aromatic N) is 2. The first kappa shape index (κ1) is 13.6. The largest absolute Gasteiger partial charge is 0.349 e. The molecule has 0 aromatic heterocycles. The first-order valence-electron chi connectivity index (χ1n) is 6.65. The molecule has 2 rings (SSSR count). The van der Waals surface area contributed by atoms with Crippen LogP contribution in [0.2, 0.25) is 0 Å². The van der Waals surface area contributed by atoms with Gasteiger partial charge in [0.05, 0.1) is 0 Å². The van der Waals surface area contributed by atoms with E-state index in [1.807, 2.05) is 35.2 Å². The Labute approximate surface area is 114 Å². The molecule has 0 atom stereocenters. The van der Waals surface area contributed by atoms with Crippen LogP contribution in [-0.2, 0) is 4.79 Å². The third kappa shape index (κ3) is 3.13. The first-order valence-corrected chi connectivity index (χ1v) is 6.65. The van der Waals surface area contributed by atoms with Crippen molar-refractivity contribution in [2.24, 2.45) is 5.92 Å². The van der Waals surface area contributed by atoms with E-state index in [0.29, 0.717) is 13.1 Å². The van der Waals surface area contributed by atoms with Crippen LogP contribution >= 0.6 is 0 Å². The number of carbonyl (C=O) groups is 2. The van der Waals surface area contributed by atoms with Crippen LogP contribution in [0.1, 0.15) is 23.2 Å². The Morgan fingerprint density at radius 2 is 1.68 bits per heavy atom. The van der Waals surface area contributed by atoms with Crippen molar-refractivity contribution in [1.82, 2.24) is 9.80 Å². The molecule has 2 amide bonds. The Bertz CT molecular complexity index is 448. The lowest BCUT2D eigenvalue weighted by Crippen LogP contribution is -2.42. The average molecular weight is 260 g/mol.